The molecular weight excluding hydrogens is 280 g/mol. The van der Waals surface area contributed by atoms with E-state index in [1.807, 2.05) is 19.1 Å². The standard InChI is InChI=1S/C17H32O3Si/c1-7-9-13(20-21(5,6)17(2,3)4)12-16(19)14-10-8-11-15(14)18/h7,9,13-14,16,19H,8,10-12H2,1-6H3/b9-7+. The first-order chi connectivity index (χ1) is 9.58. The Kier molecular flexibility index (Phi) is 6.38. The molecule has 0 aromatic heterocycles. The van der Waals surface area contributed by atoms with Gasteiger partial charge in [-0.3, -0.25) is 4.79 Å². The highest BCUT2D eigenvalue weighted by atomic mass is 28.4. The molecule has 0 radical (unpaired) electrons. The first kappa shape index (κ1) is 18.6. The zero-order valence-electron chi connectivity index (χ0n) is 14.5. The maximum atomic E-state index is 11.8. The fraction of sp³-hybridized carbons (Fsp3) is 0.824. The minimum absolute atomic E-state index is 0.0979. The summed E-state index contributed by atoms with van der Waals surface area (Å²) in [5, 5.41) is 10.5. The summed E-state index contributed by atoms with van der Waals surface area (Å²) in [4.78, 5) is 11.8. The van der Waals surface area contributed by atoms with Crippen LogP contribution in [0.2, 0.25) is 18.1 Å². The molecule has 0 amide bonds. The van der Waals surface area contributed by atoms with E-state index in [0.717, 1.165) is 12.8 Å². The lowest BCUT2D eigenvalue weighted by Gasteiger charge is -2.39. The molecule has 122 valence electrons. The molecule has 0 bridgehead atoms. The Bertz CT molecular complexity index is 382. The molecule has 3 atom stereocenters. The Labute approximate surface area is 130 Å². The second-order valence-electron chi connectivity index (χ2n) is 7.71. The van der Waals surface area contributed by atoms with Crippen LogP contribution in [0.1, 0.15) is 53.4 Å². The van der Waals surface area contributed by atoms with Gasteiger partial charge in [-0.05, 0) is 37.9 Å². The second-order valence-corrected chi connectivity index (χ2v) is 12.5. The first-order valence-electron chi connectivity index (χ1n) is 8.10. The van der Waals surface area contributed by atoms with Crippen LogP contribution in [0.15, 0.2) is 12.2 Å². The van der Waals surface area contributed by atoms with Gasteiger partial charge >= 0.3 is 0 Å². The van der Waals surface area contributed by atoms with Crippen LogP contribution in [0.5, 0.6) is 0 Å². The molecule has 1 N–H and O–H groups in total. The average Bonchev–Trinajstić information content (AvgIpc) is 2.73. The van der Waals surface area contributed by atoms with Crippen molar-refractivity contribution in [1.29, 1.82) is 0 Å². The SMILES string of the molecule is C/C=C/C(CC(O)C1CCCC1=O)O[Si](C)(C)C(C)(C)C. The van der Waals surface area contributed by atoms with E-state index in [1.54, 1.807) is 0 Å². The number of Topliss-reactive ketones (excluding diaryl/α,β-unsaturated/α-hetero) is 1. The van der Waals surface area contributed by atoms with Crippen molar-refractivity contribution in [2.45, 2.75) is 83.7 Å². The molecule has 0 aromatic carbocycles. The predicted octanol–water partition coefficient (Wildman–Crippen LogP) is 4.07. The summed E-state index contributed by atoms with van der Waals surface area (Å²) in [5.74, 6) is 0.0369. The molecule has 0 saturated heterocycles. The third-order valence-electron chi connectivity index (χ3n) is 4.95. The number of aliphatic hydroxyl groups excluding tert-OH is 1. The maximum absolute atomic E-state index is 11.8. The van der Waals surface area contributed by atoms with Crippen molar-refractivity contribution < 1.29 is 14.3 Å². The highest BCUT2D eigenvalue weighted by molar-refractivity contribution is 6.74. The monoisotopic (exact) mass is 312 g/mol. The Balaban J connectivity index is 2.72. The predicted molar refractivity (Wildman–Crippen MR) is 89.9 cm³/mol. The lowest BCUT2D eigenvalue weighted by Crippen LogP contribution is -2.44. The van der Waals surface area contributed by atoms with Crippen molar-refractivity contribution in [3.8, 4) is 0 Å². The number of rotatable bonds is 6. The number of hydrogen-bond donors (Lipinski definition) is 1. The smallest absolute Gasteiger partial charge is 0.192 e. The Morgan fingerprint density at radius 2 is 2.05 bits per heavy atom. The third kappa shape index (κ3) is 5.04. The molecule has 1 fully saturated rings. The van der Waals surface area contributed by atoms with E-state index in [-0.39, 0.29) is 22.8 Å². The molecule has 3 nitrogen and oxygen atoms in total. The van der Waals surface area contributed by atoms with Crippen molar-refractivity contribution in [2.24, 2.45) is 5.92 Å². The van der Waals surface area contributed by atoms with Crippen LogP contribution in [-0.2, 0) is 9.22 Å². The van der Waals surface area contributed by atoms with Crippen molar-refractivity contribution in [3.05, 3.63) is 12.2 Å². The quantitative estimate of drug-likeness (QED) is 0.594. The molecule has 1 aliphatic carbocycles. The van der Waals surface area contributed by atoms with Crippen LogP contribution in [-0.4, -0.2) is 31.4 Å². The molecule has 1 saturated carbocycles. The average molecular weight is 313 g/mol. The molecule has 3 unspecified atom stereocenters. The van der Waals surface area contributed by atoms with Gasteiger partial charge in [-0.25, -0.2) is 0 Å². The van der Waals surface area contributed by atoms with Crippen molar-refractivity contribution in [2.75, 3.05) is 0 Å². The van der Waals surface area contributed by atoms with Crippen molar-refractivity contribution in [1.82, 2.24) is 0 Å². The van der Waals surface area contributed by atoms with Crippen LogP contribution in [0.25, 0.3) is 0 Å². The molecule has 0 heterocycles. The van der Waals surface area contributed by atoms with Gasteiger partial charge in [-0.1, -0.05) is 32.9 Å². The summed E-state index contributed by atoms with van der Waals surface area (Å²) >= 11 is 0. The zero-order chi connectivity index (χ0) is 16.3. The van der Waals surface area contributed by atoms with Gasteiger partial charge in [0.05, 0.1) is 12.2 Å². The van der Waals surface area contributed by atoms with Crippen LogP contribution in [0.4, 0.5) is 0 Å². The van der Waals surface area contributed by atoms with Gasteiger partial charge in [0.25, 0.3) is 0 Å². The first-order valence-corrected chi connectivity index (χ1v) is 11.0. The lowest BCUT2D eigenvalue weighted by atomic mass is 9.95. The van der Waals surface area contributed by atoms with Gasteiger partial charge in [0.1, 0.15) is 5.78 Å². The molecule has 21 heavy (non-hydrogen) atoms. The Morgan fingerprint density at radius 3 is 2.48 bits per heavy atom. The largest absolute Gasteiger partial charge is 0.410 e. The van der Waals surface area contributed by atoms with Gasteiger partial charge in [0.2, 0.25) is 0 Å². The minimum Gasteiger partial charge on any atom is -0.410 e. The van der Waals surface area contributed by atoms with Gasteiger partial charge in [0.15, 0.2) is 8.32 Å². The van der Waals surface area contributed by atoms with E-state index in [0.29, 0.717) is 12.8 Å². The highest BCUT2D eigenvalue weighted by Crippen LogP contribution is 2.38. The fourth-order valence-electron chi connectivity index (χ4n) is 2.59. The molecule has 0 aliphatic heterocycles. The normalized spacial score (nSPS) is 23.8. The van der Waals surface area contributed by atoms with E-state index in [2.05, 4.69) is 33.9 Å². The summed E-state index contributed by atoms with van der Waals surface area (Å²) in [6, 6.07) is 0. The van der Waals surface area contributed by atoms with Crippen LogP contribution >= 0.6 is 0 Å². The summed E-state index contributed by atoms with van der Waals surface area (Å²) in [6.07, 6.45) is 6.20. The van der Waals surface area contributed by atoms with Crippen molar-refractivity contribution >= 4 is 14.1 Å². The Morgan fingerprint density at radius 1 is 1.43 bits per heavy atom. The van der Waals surface area contributed by atoms with E-state index in [4.69, 9.17) is 4.43 Å². The number of carbonyl (C=O) groups is 1. The van der Waals surface area contributed by atoms with Crippen molar-refractivity contribution in [3.63, 3.8) is 0 Å². The topological polar surface area (TPSA) is 46.5 Å². The van der Waals surface area contributed by atoms with E-state index in [1.165, 1.54) is 0 Å². The summed E-state index contributed by atoms with van der Waals surface area (Å²) in [5.41, 5.74) is 0. The van der Waals surface area contributed by atoms with E-state index in [9.17, 15) is 9.90 Å². The molecule has 0 aromatic rings. The number of hydrogen-bond acceptors (Lipinski definition) is 3. The zero-order valence-corrected chi connectivity index (χ0v) is 15.5. The van der Waals surface area contributed by atoms with Crippen LogP contribution in [0, 0.1) is 5.92 Å². The van der Waals surface area contributed by atoms with Crippen LogP contribution < -0.4 is 0 Å². The van der Waals surface area contributed by atoms with E-state index >= 15 is 0 Å². The summed E-state index contributed by atoms with van der Waals surface area (Å²) in [6.45, 7) is 13.0. The molecular formula is C17H32O3Si. The Hall–Kier alpha value is -0.453. The van der Waals surface area contributed by atoms with Gasteiger partial charge in [-0.2, -0.15) is 0 Å². The highest BCUT2D eigenvalue weighted by Gasteiger charge is 2.40. The minimum atomic E-state index is -1.88. The van der Waals surface area contributed by atoms with Gasteiger partial charge in [-0.15, -0.1) is 0 Å². The van der Waals surface area contributed by atoms with Gasteiger partial charge < -0.3 is 9.53 Å². The number of allylic oxidation sites excluding steroid dienone is 1. The molecule has 1 rings (SSSR count). The summed E-state index contributed by atoms with van der Waals surface area (Å²) < 4.78 is 6.39. The summed E-state index contributed by atoms with van der Waals surface area (Å²) in [7, 11) is -1.88. The number of aliphatic hydroxyl groups is 1. The fourth-order valence-corrected chi connectivity index (χ4v) is 3.87. The number of carbonyl (C=O) groups excluding carboxylic acids is 1. The van der Waals surface area contributed by atoms with Crippen LogP contribution in [0.3, 0.4) is 0 Å². The molecule has 4 heteroatoms. The van der Waals surface area contributed by atoms with Gasteiger partial charge in [0, 0.05) is 18.8 Å². The molecule has 0 spiro atoms. The number of ketones is 1. The molecule has 1 aliphatic rings. The third-order valence-corrected chi connectivity index (χ3v) is 9.45. The van der Waals surface area contributed by atoms with E-state index < -0.39 is 14.4 Å². The maximum Gasteiger partial charge on any atom is 0.192 e. The lowest BCUT2D eigenvalue weighted by molar-refractivity contribution is -0.124. The second kappa shape index (κ2) is 7.21.